The molecular weight excluding hydrogens is 198 g/mol. The quantitative estimate of drug-likeness (QED) is 0.794. The van der Waals surface area contributed by atoms with Crippen molar-refractivity contribution < 1.29 is 4.79 Å². The van der Waals surface area contributed by atoms with Gasteiger partial charge in [0.1, 0.15) is 5.78 Å². The van der Waals surface area contributed by atoms with E-state index in [0.29, 0.717) is 17.6 Å². The van der Waals surface area contributed by atoms with Crippen LogP contribution in [0.2, 0.25) is 0 Å². The minimum Gasteiger partial charge on any atom is -0.316 e. The first-order valence-corrected chi connectivity index (χ1v) is 7.03. The van der Waals surface area contributed by atoms with Gasteiger partial charge in [-0.25, -0.2) is 0 Å². The van der Waals surface area contributed by atoms with Crippen LogP contribution in [-0.4, -0.2) is 18.9 Å². The molecule has 0 aromatic heterocycles. The fourth-order valence-corrected chi connectivity index (χ4v) is 3.29. The van der Waals surface area contributed by atoms with Crippen molar-refractivity contribution in [3.63, 3.8) is 0 Å². The van der Waals surface area contributed by atoms with Crippen molar-refractivity contribution in [3.8, 4) is 0 Å². The van der Waals surface area contributed by atoms with E-state index in [9.17, 15) is 4.79 Å². The van der Waals surface area contributed by atoms with Crippen LogP contribution in [0.1, 0.15) is 51.9 Å². The molecule has 2 heteroatoms. The van der Waals surface area contributed by atoms with Crippen LogP contribution in [0.5, 0.6) is 0 Å². The van der Waals surface area contributed by atoms with Crippen LogP contribution in [0.25, 0.3) is 0 Å². The summed E-state index contributed by atoms with van der Waals surface area (Å²) in [5, 5.41) is 3.35. The van der Waals surface area contributed by atoms with Gasteiger partial charge >= 0.3 is 0 Å². The fourth-order valence-electron chi connectivity index (χ4n) is 3.29. The normalized spacial score (nSPS) is 35.2. The van der Waals surface area contributed by atoms with Gasteiger partial charge in [-0.3, -0.25) is 4.79 Å². The van der Waals surface area contributed by atoms with Crippen LogP contribution < -0.4 is 5.32 Å². The number of carbonyl (C=O) groups excluding carboxylic acids is 1. The van der Waals surface area contributed by atoms with E-state index in [1.54, 1.807) is 0 Å². The largest absolute Gasteiger partial charge is 0.316 e. The number of ketones is 1. The smallest absolute Gasteiger partial charge is 0.136 e. The molecule has 0 aromatic rings. The summed E-state index contributed by atoms with van der Waals surface area (Å²) in [7, 11) is 0. The Morgan fingerprint density at radius 2 is 2.12 bits per heavy atom. The summed E-state index contributed by atoms with van der Waals surface area (Å²) >= 11 is 0. The summed E-state index contributed by atoms with van der Waals surface area (Å²) in [5.74, 6) is 2.42. The van der Waals surface area contributed by atoms with Crippen LogP contribution in [0, 0.1) is 17.8 Å². The Morgan fingerprint density at radius 3 is 2.81 bits per heavy atom. The van der Waals surface area contributed by atoms with Crippen LogP contribution in [0.3, 0.4) is 0 Å². The van der Waals surface area contributed by atoms with Gasteiger partial charge in [-0.05, 0) is 44.2 Å². The monoisotopic (exact) mass is 223 g/mol. The predicted octanol–water partition coefficient (Wildman–Crippen LogP) is 2.77. The van der Waals surface area contributed by atoms with Gasteiger partial charge < -0.3 is 5.32 Å². The Labute approximate surface area is 99.2 Å². The zero-order valence-corrected chi connectivity index (χ0v) is 10.5. The molecule has 1 N–H and O–H groups in total. The maximum absolute atomic E-state index is 12.2. The molecule has 2 fully saturated rings. The fraction of sp³-hybridized carbons (Fsp3) is 0.929. The molecule has 92 valence electrons. The van der Waals surface area contributed by atoms with Gasteiger partial charge in [0.25, 0.3) is 0 Å². The molecule has 0 aromatic carbocycles. The second-order valence-electron chi connectivity index (χ2n) is 5.67. The highest BCUT2D eigenvalue weighted by molar-refractivity contribution is 5.81. The third-order valence-corrected chi connectivity index (χ3v) is 4.47. The molecule has 0 amide bonds. The number of hydrogen-bond acceptors (Lipinski definition) is 2. The second kappa shape index (κ2) is 5.81. The lowest BCUT2D eigenvalue weighted by atomic mass is 9.77. The first-order valence-electron chi connectivity index (χ1n) is 7.03. The van der Waals surface area contributed by atoms with Crippen molar-refractivity contribution in [2.45, 2.75) is 51.9 Å². The van der Waals surface area contributed by atoms with Crippen molar-refractivity contribution in [1.29, 1.82) is 0 Å². The maximum Gasteiger partial charge on any atom is 0.136 e. The minimum absolute atomic E-state index is 0.402. The van der Waals surface area contributed by atoms with Gasteiger partial charge in [0.15, 0.2) is 0 Å². The Balaban J connectivity index is 1.79. The molecule has 2 nitrogen and oxygen atoms in total. The van der Waals surface area contributed by atoms with Gasteiger partial charge in [-0.1, -0.05) is 26.2 Å². The lowest BCUT2D eigenvalue weighted by Crippen LogP contribution is -2.25. The summed E-state index contributed by atoms with van der Waals surface area (Å²) in [6, 6.07) is 0. The second-order valence-corrected chi connectivity index (χ2v) is 5.67. The van der Waals surface area contributed by atoms with Crippen LogP contribution >= 0.6 is 0 Å². The van der Waals surface area contributed by atoms with Crippen LogP contribution in [-0.2, 0) is 4.79 Å². The van der Waals surface area contributed by atoms with Crippen molar-refractivity contribution >= 4 is 5.78 Å². The lowest BCUT2D eigenvalue weighted by molar-refractivity contribution is -0.125. The van der Waals surface area contributed by atoms with E-state index >= 15 is 0 Å². The number of hydrogen-bond donors (Lipinski definition) is 1. The molecule has 1 aliphatic heterocycles. The van der Waals surface area contributed by atoms with Crippen molar-refractivity contribution in [2.75, 3.05) is 13.1 Å². The van der Waals surface area contributed by atoms with E-state index in [2.05, 4.69) is 12.2 Å². The van der Waals surface area contributed by atoms with Crippen molar-refractivity contribution in [3.05, 3.63) is 0 Å². The van der Waals surface area contributed by atoms with E-state index in [0.717, 1.165) is 31.8 Å². The topological polar surface area (TPSA) is 29.1 Å². The Hall–Kier alpha value is -0.370. The molecule has 0 spiro atoms. The van der Waals surface area contributed by atoms with Crippen LogP contribution in [0.15, 0.2) is 0 Å². The van der Waals surface area contributed by atoms with E-state index in [4.69, 9.17) is 0 Å². The number of carbonyl (C=O) groups is 1. The number of nitrogens with one attached hydrogen (secondary N) is 1. The number of Topliss-reactive ketones (excluding diaryl/α,β-unsaturated/α-hetero) is 1. The van der Waals surface area contributed by atoms with Gasteiger partial charge in [0.05, 0.1) is 0 Å². The molecule has 1 saturated carbocycles. The highest BCUT2D eigenvalue weighted by Gasteiger charge is 2.28. The third kappa shape index (κ3) is 3.07. The molecule has 3 unspecified atom stereocenters. The van der Waals surface area contributed by atoms with E-state index in [-0.39, 0.29) is 0 Å². The number of rotatable bonds is 4. The summed E-state index contributed by atoms with van der Waals surface area (Å²) in [4.78, 5) is 12.2. The zero-order valence-electron chi connectivity index (χ0n) is 10.5. The first kappa shape index (κ1) is 12.1. The molecule has 1 heterocycles. The minimum atomic E-state index is 0.402. The molecule has 2 aliphatic rings. The molecule has 0 radical (unpaired) electrons. The molecule has 3 atom stereocenters. The Kier molecular flexibility index (Phi) is 4.39. The van der Waals surface area contributed by atoms with Gasteiger partial charge in [-0.15, -0.1) is 0 Å². The molecule has 2 rings (SSSR count). The maximum atomic E-state index is 12.2. The Morgan fingerprint density at radius 1 is 1.25 bits per heavy atom. The molecule has 1 saturated heterocycles. The first-order chi connectivity index (χ1) is 7.79. The SMILES string of the molecule is CCC1CCCC(C(=O)CC2CCNC2)C1. The molecule has 0 bridgehead atoms. The van der Waals surface area contributed by atoms with E-state index < -0.39 is 0 Å². The van der Waals surface area contributed by atoms with Crippen molar-refractivity contribution in [2.24, 2.45) is 17.8 Å². The predicted molar refractivity (Wildman–Crippen MR) is 66.3 cm³/mol. The van der Waals surface area contributed by atoms with Gasteiger partial charge in [0, 0.05) is 12.3 Å². The van der Waals surface area contributed by atoms with E-state index in [1.807, 2.05) is 0 Å². The average molecular weight is 223 g/mol. The molecule has 1 aliphatic carbocycles. The lowest BCUT2D eigenvalue weighted by Gasteiger charge is -2.28. The highest BCUT2D eigenvalue weighted by Crippen LogP contribution is 2.33. The average Bonchev–Trinajstić information content (AvgIpc) is 2.82. The molecular formula is C14H25NO. The van der Waals surface area contributed by atoms with E-state index in [1.165, 1.54) is 32.1 Å². The summed E-state index contributed by atoms with van der Waals surface area (Å²) < 4.78 is 0. The Bertz CT molecular complexity index is 233. The zero-order chi connectivity index (χ0) is 11.4. The van der Waals surface area contributed by atoms with Crippen LogP contribution in [0.4, 0.5) is 0 Å². The standard InChI is InChI=1S/C14H25NO/c1-2-11-4-3-5-13(8-11)14(16)9-12-6-7-15-10-12/h11-13,15H,2-10H2,1H3. The third-order valence-electron chi connectivity index (χ3n) is 4.47. The summed E-state index contributed by atoms with van der Waals surface area (Å²) in [6.07, 6.45) is 8.27. The highest BCUT2D eigenvalue weighted by atomic mass is 16.1. The van der Waals surface area contributed by atoms with Gasteiger partial charge in [0.2, 0.25) is 0 Å². The summed E-state index contributed by atoms with van der Waals surface area (Å²) in [6.45, 7) is 4.44. The summed E-state index contributed by atoms with van der Waals surface area (Å²) in [5.41, 5.74) is 0. The molecule has 16 heavy (non-hydrogen) atoms. The van der Waals surface area contributed by atoms with Crippen molar-refractivity contribution in [1.82, 2.24) is 5.32 Å². The van der Waals surface area contributed by atoms with Gasteiger partial charge in [-0.2, -0.15) is 0 Å².